The third kappa shape index (κ3) is 3.27. The van der Waals surface area contributed by atoms with E-state index in [0.717, 1.165) is 37.9 Å². The fourth-order valence-corrected chi connectivity index (χ4v) is 2.70. The van der Waals surface area contributed by atoms with Crippen LogP contribution in [0.25, 0.3) is 0 Å². The van der Waals surface area contributed by atoms with E-state index >= 15 is 0 Å². The van der Waals surface area contributed by atoms with Crippen molar-refractivity contribution in [1.82, 2.24) is 5.32 Å². The monoisotopic (exact) mass is 258 g/mol. The molecule has 1 aliphatic rings. The number of ether oxygens (including phenoxy) is 1. The maximum absolute atomic E-state index is 9.23. The van der Waals surface area contributed by atoms with Crippen LogP contribution in [0.1, 0.15) is 38.2 Å². The van der Waals surface area contributed by atoms with Gasteiger partial charge in [-0.2, -0.15) is 5.26 Å². The summed E-state index contributed by atoms with van der Waals surface area (Å²) in [5, 5.41) is 12.4. The molecule has 2 atom stereocenters. The molecule has 3 heteroatoms. The van der Waals surface area contributed by atoms with Crippen LogP contribution >= 0.6 is 0 Å². The minimum Gasteiger partial charge on any atom is -0.490 e. The minimum atomic E-state index is -0.396. The molecule has 0 saturated heterocycles. The molecule has 1 fully saturated rings. The highest BCUT2D eigenvalue weighted by atomic mass is 16.5. The fraction of sp³-hybridized carbons (Fsp3) is 0.562. The van der Waals surface area contributed by atoms with Crippen molar-refractivity contribution in [3.05, 3.63) is 29.8 Å². The zero-order valence-corrected chi connectivity index (χ0v) is 11.8. The predicted octanol–water partition coefficient (Wildman–Crippen LogP) is 3.05. The Balaban J connectivity index is 1.94. The van der Waals surface area contributed by atoms with Crippen molar-refractivity contribution >= 4 is 0 Å². The Hall–Kier alpha value is -1.53. The zero-order valence-electron chi connectivity index (χ0n) is 11.8. The van der Waals surface area contributed by atoms with E-state index in [2.05, 4.69) is 30.4 Å². The van der Waals surface area contributed by atoms with Gasteiger partial charge in [0.2, 0.25) is 0 Å². The number of nitrogens with one attached hydrogen (secondary N) is 1. The lowest BCUT2D eigenvalue weighted by atomic mass is 10.0. The van der Waals surface area contributed by atoms with Gasteiger partial charge in [0.05, 0.1) is 6.07 Å². The Morgan fingerprint density at radius 3 is 2.68 bits per heavy atom. The van der Waals surface area contributed by atoms with Crippen molar-refractivity contribution in [3.63, 3.8) is 0 Å². The van der Waals surface area contributed by atoms with Gasteiger partial charge in [-0.25, -0.2) is 0 Å². The summed E-state index contributed by atoms with van der Waals surface area (Å²) in [6, 6.07) is 10.7. The van der Waals surface area contributed by atoms with Crippen LogP contribution in [-0.2, 0) is 6.42 Å². The standard InChI is InChI=1S/C16H22N2O/c1-3-4-13-5-7-14(8-6-13)19-15-9-10-16(11-15,12-17)18-2/h5-8,15,18H,3-4,9-11H2,1-2H3. The molecule has 102 valence electrons. The predicted molar refractivity (Wildman–Crippen MR) is 76.1 cm³/mol. The molecule has 0 spiro atoms. The lowest BCUT2D eigenvalue weighted by Crippen LogP contribution is -2.39. The van der Waals surface area contributed by atoms with Crippen LogP contribution in [0, 0.1) is 11.3 Å². The fourth-order valence-electron chi connectivity index (χ4n) is 2.70. The molecule has 1 N–H and O–H groups in total. The number of nitrogens with zero attached hydrogens (tertiary/aromatic N) is 1. The van der Waals surface area contributed by atoms with Crippen molar-refractivity contribution < 1.29 is 4.74 Å². The van der Waals surface area contributed by atoms with Gasteiger partial charge in [0, 0.05) is 6.42 Å². The van der Waals surface area contributed by atoms with Gasteiger partial charge in [-0.05, 0) is 44.0 Å². The van der Waals surface area contributed by atoms with Crippen LogP contribution in [0.2, 0.25) is 0 Å². The first-order valence-electron chi connectivity index (χ1n) is 7.07. The summed E-state index contributed by atoms with van der Waals surface area (Å²) in [7, 11) is 1.85. The molecule has 0 bridgehead atoms. The molecule has 2 rings (SSSR count). The Bertz CT molecular complexity index is 449. The van der Waals surface area contributed by atoms with Crippen molar-refractivity contribution in [1.29, 1.82) is 5.26 Å². The maximum Gasteiger partial charge on any atom is 0.119 e. The summed E-state index contributed by atoms with van der Waals surface area (Å²) >= 11 is 0. The lowest BCUT2D eigenvalue weighted by Gasteiger charge is -2.20. The Labute approximate surface area is 115 Å². The van der Waals surface area contributed by atoms with Crippen molar-refractivity contribution in [2.75, 3.05) is 7.05 Å². The van der Waals surface area contributed by atoms with E-state index in [-0.39, 0.29) is 6.10 Å². The average molecular weight is 258 g/mol. The van der Waals surface area contributed by atoms with E-state index in [1.165, 1.54) is 5.56 Å². The molecule has 1 aromatic carbocycles. The van der Waals surface area contributed by atoms with Crippen LogP contribution in [0.3, 0.4) is 0 Å². The molecule has 0 amide bonds. The second kappa shape index (κ2) is 6.08. The number of nitriles is 1. The van der Waals surface area contributed by atoms with Gasteiger partial charge in [0.15, 0.2) is 0 Å². The van der Waals surface area contributed by atoms with E-state index in [1.807, 2.05) is 19.2 Å². The van der Waals surface area contributed by atoms with E-state index in [1.54, 1.807) is 0 Å². The molecule has 0 aliphatic heterocycles. The van der Waals surface area contributed by atoms with Crippen LogP contribution in [0.15, 0.2) is 24.3 Å². The number of rotatable bonds is 5. The Morgan fingerprint density at radius 2 is 2.16 bits per heavy atom. The molecule has 1 saturated carbocycles. The lowest BCUT2D eigenvalue weighted by molar-refractivity contribution is 0.202. The van der Waals surface area contributed by atoms with E-state index < -0.39 is 5.54 Å². The summed E-state index contributed by atoms with van der Waals surface area (Å²) in [5.41, 5.74) is 0.954. The number of hydrogen-bond donors (Lipinski definition) is 1. The first kappa shape index (κ1) is 13.9. The largest absolute Gasteiger partial charge is 0.490 e. The average Bonchev–Trinajstić information content (AvgIpc) is 2.85. The smallest absolute Gasteiger partial charge is 0.119 e. The van der Waals surface area contributed by atoms with Gasteiger partial charge >= 0.3 is 0 Å². The SMILES string of the molecule is CCCc1ccc(OC2CCC(C#N)(NC)C2)cc1. The summed E-state index contributed by atoms with van der Waals surface area (Å²) in [6.07, 6.45) is 4.97. The van der Waals surface area contributed by atoms with Crippen molar-refractivity contribution in [2.45, 2.75) is 50.7 Å². The Morgan fingerprint density at radius 1 is 1.42 bits per heavy atom. The second-order valence-corrected chi connectivity index (χ2v) is 5.32. The highest BCUT2D eigenvalue weighted by Gasteiger charge is 2.39. The third-order valence-corrected chi connectivity index (χ3v) is 3.93. The summed E-state index contributed by atoms with van der Waals surface area (Å²) in [4.78, 5) is 0. The molecule has 0 aromatic heterocycles. The van der Waals surface area contributed by atoms with Crippen LogP contribution < -0.4 is 10.1 Å². The van der Waals surface area contributed by atoms with Crippen LogP contribution in [0.5, 0.6) is 5.75 Å². The van der Waals surface area contributed by atoms with Crippen LogP contribution in [-0.4, -0.2) is 18.7 Å². The zero-order chi connectivity index (χ0) is 13.7. The van der Waals surface area contributed by atoms with E-state index in [9.17, 15) is 5.26 Å². The normalized spacial score (nSPS) is 26.1. The molecule has 19 heavy (non-hydrogen) atoms. The molecule has 3 nitrogen and oxygen atoms in total. The second-order valence-electron chi connectivity index (χ2n) is 5.32. The number of benzene rings is 1. The maximum atomic E-state index is 9.23. The molecular weight excluding hydrogens is 236 g/mol. The Kier molecular flexibility index (Phi) is 4.44. The van der Waals surface area contributed by atoms with E-state index in [4.69, 9.17) is 4.74 Å². The first-order chi connectivity index (χ1) is 9.21. The quantitative estimate of drug-likeness (QED) is 0.883. The number of hydrogen-bond acceptors (Lipinski definition) is 3. The van der Waals surface area contributed by atoms with Gasteiger partial charge in [0.1, 0.15) is 17.4 Å². The topological polar surface area (TPSA) is 45.0 Å². The molecule has 1 aliphatic carbocycles. The molecule has 1 aromatic rings. The van der Waals surface area contributed by atoms with Crippen molar-refractivity contribution in [2.24, 2.45) is 0 Å². The molecule has 0 radical (unpaired) electrons. The molecular formula is C16H22N2O. The van der Waals surface area contributed by atoms with Gasteiger partial charge in [-0.3, -0.25) is 0 Å². The highest BCUT2D eigenvalue weighted by molar-refractivity contribution is 5.28. The highest BCUT2D eigenvalue weighted by Crippen LogP contribution is 2.32. The van der Waals surface area contributed by atoms with Gasteiger partial charge < -0.3 is 10.1 Å². The molecule has 2 unspecified atom stereocenters. The molecule has 0 heterocycles. The van der Waals surface area contributed by atoms with Gasteiger partial charge in [0.25, 0.3) is 0 Å². The number of aryl methyl sites for hydroxylation is 1. The summed E-state index contributed by atoms with van der Waals surface area (Å²) in [5.74, 6) is 0.912. The summed E-state index contributed by atoms with van der Waals surface area (Å²) < 4.78 is 5.98. The van der Waals surface area contributed by atoms with Crippen molar-refractivity contribution in [3.8, 4) is 11.8 Å². The summed E-state index contributed by atoms with van der Waals surface area (Å²) in [6.45, 7) is 2.18. The third-order valence-electron chi connectivity index (χ3n) is 3.93. The van der Waals surface area contributed by atoms with Crippen LogP contribution in [0.4, 0.5) is 0 Å². The van der Waals surface area contributed by atoms with Gasteiger partial charge in [-0.1, -0.05) is 25.5 Å². The first-order valence-corrected chi connectivity index (χ1v) is 7.07. The minimum absolute atomic E-state index is 0.143. The van der Waals surface area contributed by atoms with E-state index in [0.29, 0.717) is 0 Å². The van der Waals surface area contributed by atoms with Gasteiger partial charge in [-0.15, -0.1) is 0 Å².